The Bertz CT molecular complexity index is 692. The molecule has 1 aromatic carbocycles. The molecule has 1 atom stereocenters. The van der Waals surface area contributed by atoms with Crippen LogP contribution in [0.15, 0.2) is 55.1 Å². The van der Waals surface area contributed by atoms with Crippen LogP contribution in [0.4, 0.5) is 0 Å². The van der Waals surface area contributed by atoms with Crippen LogP contribution in [-0.4, -0.2) is 21.7 Å². The maximum Gasteiger partial charge on any atom is 0.0599 e. The summed E-state index contributed by atoms with van der Waals surface area (Å²) in [6, 6.07) is 10.5. The fourth-order valence-corrected chi connectivity index (χ4v) is 2.47. The van der Waals surface area contributed by atoms with Crippen molar-refractivity contribution in [2.45, 2.75) is 13.0 Å². The minimum Gasteiger partial charge on any atom is -0.306 e. The molecular weight excluding hydrogens is 248 g/mol. The number of nitrogens with zero attached hydrogens (tertiary/aromatic N) is 3. The van der Waals surface area contributed by atoms with Gasteiger partial charge in [0, 0.05) is 24.0 Å². The lowest BCUT2D eigenvalue weighted by Gasteiger charge is -2.20. The lowest BCUT2D eigenvalue weighted by molar-refractivity contribution is 0.630. The van der Waals surface area contributed by atoms with E-state index in [4.69, 9.17) is 0 Å². The Morgan fingerprint density at radius 3 is 2.80 bits per heavy atom. The first kappa shape index (κ1) is 12.7. The smallest absolute Gasteiger partial charge is 0.0599 e. The number of aromatic nitrogens is 3. The minimum atomic E-state index is 0.100. The molecule has 3 rings (SSSR count). The van der Waals surface area contributed by atoms with E-state index in [2.05, 4.69) is 45.6 Å². The molecule has 0 radical (unpaired) electrons. The number of rotatable bonds is 4. The Hall–Kier alpha value is -2.33. The van der Waals surface area contributed by atoms with Gasteiger partial charge in [-0.15, -0.1) is 0 Å². The van der Waals surface area contributed by atoms with Gasteiger partial charge >= 0.3 is 0 Å². The van der Waals surface area contributed by atoms with Crippen molar-refractivity contribution < 1.29 is 0 Å². The molecular formula is C16H16N4. The van der Waals surface area contributed by atoms with Gasteiger partial charge in [0.2, 0.25) is 0 Å². The van der Waals surface area contributed by atoms with Crippen molar-refractivity contribution in [3.8, 4) is 0 Å². The lowest BCUT2D eigenvalue weighted by Crippen LogP contribution is -2.22. The van der Waals surface area contributed by atoms with E-state index >= 15 is 0 Å². The van der Waals surface area contributed by atoms with E-state index in [1.165, 1.54) is 10.9 Å². The molecule has 100 valence electrons. The zero-order valence-corrected chi connectivity index (χ0v) is 11.3. The molecule has 0 saturated carbocycles. The molecule has 20 heavy (non-hydrogen) atoms. The van der Waals surface area contributed by atoms with Crippen LogP contribution in [0, 0.1) is 0 Å². The van der Waals surface area contributed by atoms with Crippen LogP contribution in [0.25, 0.3) is 10.8 Å². The number of nitrogens with one attached hydrogen (secondary N) is 1. The summed E-state index contributed by atoms with van der Waals surface area (Å²) < 4.78 is 0. The Balaban J connectivity index is 2.15. The maximum absolute atomic E-state index is 4.25. The first-order valence-corrected chi connectivity index (χ1v) is 6.72. The molecule has 4 heteroatoms. The highest BCUT2D eigenvalue weighted by Crippen LogP contribution is 2.27. The van der Waals surface area contributed by atoms with Gasteiger partial charge in [0.1, 0.15) is 0 Å². The van der Waals surface area contributed by atoms with Crippen LogP contribution in [0.3, 0.4) is 0 Å². The van der Waals surface area contributed by atoms with E-state index in [1.807, 2.05) is 30.7 Å². The summed E-state index contributed by atoms with van der Waals surface area (Å²) in [4.78, 5) is 4.25. The molecule has 4 nitrogen and oxygen atoms in total. The van der Waals surface area contributed by atoms with Gasteiger partial charge in [-0.1, -0.05) is 25.1 Å². The summed E-state index contributed by atoms with van der Waals surface area (Å²) in [6.07, 6.45) is 7.28. The van der Waals surface area contributed by atoms with Crippen LogP contribution < -0.4 is 5.32 Å². The molecule has 0 fully saturated rings. The predicted molar refractivity (Wildman–Crippen MR) is 79.3 cm³/mol. The van der Waals surface area contributed by atoms with Gasteiger partial charge < -0.3 is 5.32 Å². The van der Waals surface area contributed by atoms with E-state index in [0.717, 1.165) is 17.5 Å². The molecule has 0 aliphatic rings. The molecule has 0 spiro atoms. The average molecular weight is 264 g/mol. The highest BCUT2D eigenvalue weighted by molar-refractivity contribution is 5.85. The number of pyridine rings is 1. The summed E-state index contributed by atoms with van der Waals surface area (Å²) in [5, 5.41) is 13.7. The van der Waals surface area contributed by atoms with Gasteiger partial charge in [0.15, 0.2) is 0 Å². The fourth-order valence-electron chi connectivity index (χ4n) is 2.47. The highest BCUT2D eigenvalue weighted by atomic mass is 15.1. The predicted octanol–water partition coefficient (Wildman–Crippen LogP) is 2.72. The van der Waals surface area contributed by atoms with Crippen LogP contribution >= 0.6 is 0 Å². The van der Waals surface area contributed by atoms with Gasteiger partial charge in [0.05, 0.1) is 12.2 Å². The van der Waals surface area contributed by atoms with Crippen molar-refractivity contribution in [2.24, 2.45) is 0 Å². The average Bonchev–Trinajstić information content (AvgIpc) is 2.53. The number of hydrogen-bond acceptors (Lipinski definition) is 4. The zero-order valence-electron chi connectivity index (χ0n) is 11.3. The van der Waals surface area contributed by atoms with Crippen molar-refractivity contribution >= 4 is 10.8 Å². The van der Waals surface area contributed by atoms with Crippen LogP contribution in [-0.2, 0) is 0 Å². The lowest BCUT2D eigenvalue weighted by atomic mass is 9.96. The van der Waals surface area contributed by atoms with E-state index in [9.17, 15) is 0 Å². The van der Waals surface area contributed by atoms with E-state index in [1.54, 1.807) is 6.20 Å². The van der Waals surface area contributed by atoms with Gasteiger partial charge in [-0.3, -0.25) is 4.98 Å². The maximum atomic E-state index is 4.25. The molecule has 0 aliphatic heterocycles. The van der Waals surface area contributed by atoms with Crippen molar-refractivity contribution in [1.82, 2.24) is 20.5 Å². The molecule has 2 heterocycles. The normalized spacial score (nSPS) is 12.4. The summed E-state index contributed by atoms with van der Waals surface area (Å²) in [5.41, 5.74) is 2.32. The topological polar surface area (TPSA) is 50.7 Å². The third kappa shape index (κ3) is 2.38. The molecule has 0 bridgehead atoms. The van der Waals surface area contributed by atoms with Gasteiger partial charge in [0.25, 0.3) is 0 Å². The minimum absolute atomic E-state index is 0.100. The first-order chi connectivity index (χ1) is 9.90. The Morgan fingerprint density at radius 2 is 2.00 bits per heavy atom. The standard InChI is InChI=1S/C16H16N4/c1-2-18-16(13-7-9-19-20-10-13)14-5-3-4-12-6-8-17-11-15(12)14/h3-11,16,18H,2H2,1H3. The highest BCUT2D eigenvalue weighted by Gasteiger charge is 2.15. The molecule has 0 aliphatic carbocycles. The fraction of sp³-hybridized carbons (Fsp3) is 0.188. The zero-order chi connectivity index (χ0) is 13.8. The number of fused-ring (bicyclic) bond motifs is 1. The van der Waals surface area contributed by atoms with E-state index in [0.29, 0.717) is 0 Å². The molecule has 0 amide bonds. The van der Waals surface area contributed by atoms with Crippen molar-refractivity contribution in [2.75, 3.05) is 6.54 Å². The van der Waals surface area contributed by atoms with Crippen molar-refractivity contribution in [3.05, 3.63) is 66.2 Å². The summed E-state index contributed by atoms with van der Waals surface area (Å²) in [5.74, 6) is 0. The molecule has 2 aromatic heterocycles. The third-order valence-corrected chi connectivity index (χ3v) is 3.38. The SMILES string of the molecule is CCNC(c1ccnnc1)c1cccc2ccncc12. The molecule has 0 saturated heterocycles. The second kappa shape index (κ2) is 5.75. The summed E-state index contributed by atoms with van der Waals surface area (Å²) in [7, 11) is 0. The largest absolute Gasteiger partial charge is 0.306 e. The van der Waals surface area contributed by atoms with Crippen LogP contribution in [0.2, 0.25) is 0 Å². The third-order valence-electron chi connectivity index (χ3n) is 3.38. The number of benzene rings is 1. The summed E-state index contributed by atoms with van der Waals surface area (Å²) in [6.45, 7) is 2.98. The van der Waals surface area contributed by atoms with Gasteiger partial charge in [-0.05, 0) is 35.2 Å². The second-order valence-electron chi connectivity index (χ2n) is 4.61. The van der Waals surface area contributed by atoms with E-state index in [-0.39, 0.29) is 6.04 Å². The Morgan fingerprint density at radius 1 is 1.05 bits per heavy atom. The second-order valence-corrected chi connectivity index (χ2v) is 4.61. The van der Waals surface area contributed by atoms with Gasteiger partial charge in [-0.25, -0.2) is 0 Å². The quantitative estimate of drug-likeness (QED) is 0.787. The first-order valence-electron chi connectivity index (χ1n) is 6.72. The Kier molecular flexibility index (Phi) is 3.65. The van der Waals surface area contributed by atoms with E-state index < -0.39 is 0 Å². The molecule has 3 aromatic rings. The van der Waals surface area contributed by atoms with Crippen LogP contribution in [0.5, 0.6) is 0 Å². The number of hydrogen-bond donors (Lipinski definition) is 1. The van der Waals surface area contributed by atoms with Gasteiger partial charge in [-0.2, -0.15) is 10.2 Å². The van der Waals surface area contributed by atoms with Crippen LogP contribution in [0.1, 0.15) is 24.1 Å². The Labute approximate surface area is 117 Å². The van der Waals surface area contributed by atoms with Crippen molar-refractivity contribution in [1.29, 1.82) is 0 Å². The molecule has 1 unspecified atom stereocenters. The van der Waals surface area contributed by atoms with Crippen molar-refractivity contribution in [3.63, 3.8) is 0 Å². The monoisotopic (exact) mass is 264 g/mol. The summed E-state index contributed by atoms with van der Waals surface area (Å²) >= 11 is 0. The molecule has 1 N–H and O–H groups in total.